The van der Waals surface area contributed by atoms with Crippen molar-refractivity contribution in [2.45, 2.75) is 19.6 Å². The molecule has 0 aliphatic heterocycles. The Morgan fingerprint density at radius 1 is 1.28 bits per heavy atom. The minimum atomic E-state index is 0.541. The number of nitrogens with zero attached hydrogens (tertiary/aromatic N) is 2. The first-order chi connectivity index (χ1) is 8.95. The van der Waals surface area contributed by atoms with Crippen molar-refractivity contribution in [1.82, 2.24) is 15.3 Å². The summed E-state index contributed by atoms with van der Waals surface area (Å²) < 4.78 is 10.6. The van der Waals surface area contributed by atoms with Gasteiger partial charge in [0.1, 0.15) is 18.7 Å². The predicted molar refractivity (Wildman–Crippen MR) is 66.7 cm³/mol. The molecule has 0 bridgehead atoms. The minimum Gasteiger partial charge on any atom is -0.467 e. The van der Waals surface area contributed by atoms with E-state index in [0.717, 1.165) is 37.4 Å². The molecule has 0 fully saturated rings. The van der Waals surface area contributed by atoms with Crippen LogP contribution >= 0.6 is 0 Å². The predicted octanol–water partition coefficient (Wildman–Crippen LogP) is 1.77. The van der Waals surface area contributed by atoms with Gasteiger partial charge in [-0.05, 0) is 25.1 Å². The summed E-state index contributed by atoms with van der Waals surface area (Å²) in [7, 11) is 0. The second-order valence-corrected chi connectivity index (χ2v) is 3.91. The largest absolute Gasteiger partial charge is 0.467 e. The second kappa shape index (κ2) is 7.58. The molecule has 0 saturated carbocycles. The minimum absolute atomic E-state index is 0.541. The topological polar surface area (TPSA) is 60.2 Å². The molecule has 2 rings (SSSR count). The van der Waals surface area contributed by atoms with Gasteiger partial charge in [0, 0.05) is 31.1 Å². The Morgan fingerprint density at radius 2 is 2.17 bits per heavy atom. The van der Waals surface area contributed by atoms with Crippen LogP contribution < -0.4 is 5.32 Å². The third-order valence-corrected chi connectivity index (χ3v) is 2.41. The lowest BCUT2D eigenvalue weighted by Gasteiger charge is -2.04. The molecule has 0 aliphatic carbocycles. The highest BCUT2D eigenvalue weighted by Crippen LogP contribution is 2.01. The Labute approximate surface area is 106 Å². The summed E-state index contributed by atoms with van der Waals surface area (Å²) in [5, 5.41) is 3.31. The summed E-state index contributed by atoms with van der Waals surface area (Å²) >= 11 is 0. The molecule has 2 heterocycles. The third kappa shape index (κ3) is 4.65. The first-order valence-corrected chi connectivity index (χ1v) is 6.00. The normalized spacial score (nSPS) is 10.7. The first kappa shape index (κ1) is 12.7. The molecule has 0 amide bonds. The zero-order valence-corrected chi connectivity index (χ0v) is 10.2. The number of furan rings is 1. The van der Waals surface area contributed by atoms with E-state index in [1.165, 1.54) is 6.33 Å². The van der Waals surface area contributed by atoms with Crippen LogP contribution in [0.4, 0.5) is 0 Å². The van der Waals surface area contributed by atoms with Crippen molar-refractivity contribution >= 4 is 0 Å². The van der Waals surface area contributed by atoms with Gasteiger partial charge in [0.05, 0.1) is 6.26 Å². The van der Waals surface area contributed by atoms with Gasteiger partial charge >= 0.3 is 0 Å². The lowest BCUT2D eigenvalue weighted by Crippen LogP contribution is -2.16. The van der Waals surface area contributed by atoms with Gasteiger partial charge in [-0.25, -0.2) is 9.97 Å². The molecule has 0 aliphatic rings. The van der Waals surface area contributed by atoms with Crippen molar-refractivity contribution in [3.05, 3.63) is 48.4 Å². The van der Waals surface area contributed by atoms with Crippen LogP contribution in [0.5, 0.6) is 0 Å². The van der Waals surface area contributed by atoms with E-state index < -0.39 is 0 Å². The monoisotopic (exact) mass is 247 g/mol. The molecular formula is C13H17N3O2. The highest BCUT2D eigenvalue weighted by Gasteiger charge is 1.96. The van der Waals surface area contributed by atoms with Crippen LogP contribution in [0.15, 0.2) is 41.5 Å². The summed E-state index contributed by atoms with van der Waals surface area (Å²) in [5.74, 6) is 0.865. The fourth-order valence-electron chi connectivity index (χ4n) is 1.52. The number of hydrogen-bond acceptors (Lipinski definition) is 5. The van der Waals surface area contributed by atoms with Gasteiger partial charge in [-0.1, -0.05) is 0 Å². The van der Waals surface area contributed by atoms with Crippen molar-refractivity contribution in [2.24, 2.45) is 0 Å². The SMILES string of the molecule is c1coc(COCCCNCc2cncnc2)c1. The molecule has 0 spiro atoms. The van der Waals surface area contributed by atoms with E-state index in [1.54, 1.807) is 6.26 Å². The summed E-state index contributed by atoms with van der Waals surface area (Å²) in [4.78, 5) is 7.91. The average molecular weight is 247 g/mol. The Hall–Kier alpha value is -1.72. The molecule has 0 radical (unpaired) electrons. The van der Waals surface area contributed by atoms with E-state index in [1.807, 2.05) is 24.5 Å². The highest BCUT2D eigenvalue weighted by molar-refractivity contribution is 5.01. The summed E-state index contributed by atoms with van der Waals surface area (Å²) in [6.07, 6.45) is 7.78. The lowest BCUT2D eigenvalue weighted by atomic mass is 10.3. The van der Waals surface area contributed by atoms with Gasteiger partial charge < -0.3 is 14.5 Å². The van der Waals surface area contributed by atoms with Crippen molar-refractivity contribution in [2.75, 3.05) is 13.2 Å². The van der Waals surface area contributed by atoms with Crippen LogP contribution in [-0.4, -0.2) is 23.1 Å². The van der Waals surface area contributed by atoms with Gasteiger partial charge in [-0.2, -0.15) is 0 Å². The van der Waals surface area contributed by atoms with E-state index >= 15 is 0 Å². The first-order valence-electron chi connectivity index (χ1n) is 6.00. The molecule has 1 N–H and O–H groups in total. The molecule has 2 aromatic heterocycles. The maximum Gasteiger partial charge on any atom is 0.129 e. The summed E-state index contributed by atoms with van der Waals surface area (Å²) in [6.45, 7) is 2.96. The van der Waals surface area contributed by atoms with Crippen LogP contribution in [0.25, 0.3) is 0 Å². The number of aromatic nitrogens is 2. The third-order valence-electron chi connectivity index (χ3n) is 2.41. The Morgan fingerprint density at radius 3 is 2.94 bits per heavy atom. The summed E-state index contributed by atoms with van der Waals surface area (Å²) in [5.41, 5.74) is 1.09. The average Bonchev–Trinajstić information content (AvgIpc) is 2.92. The smallest absolute Gasteiger partial charge is 0.129 e. The van der Waals surface area contributed by atoms with Gasteiger partial charge in [-0.15, -0.1) is 0 Å². The molecule has 0 saturated heterocycles. The van der Waals surface area contributed by atoms with Crippen molar-refractivity contribution < 1.29 is 9.15 Å². The molecule has 2 aromatic rings. The van der Waals surface area contributed by atoms with Gasteiger partial charge in [0.25, 0.3) is 0 Å². The second-order valence-electron chi connectivity index (χ2n) is 3.91. The van der Waals surface area contributed by atoms with Crippen LogP contribution in [0.1, 0.15) is 17.7 Å². The molecule has 96 valence electrons. The van der Waals surface area contributed by atoms with Gasteiger partial charge in [0.2, 0.25) is 0 Å². The number of nitrogens with one attached hydrogen (secondary N) is 1. The van der Waals surface area contributed by atoms with E-state index in [4.69, 9.17) is 9.15 Å². The maximum atomic E-state index is 5.47. The maximum absolute atomic E-state index is 5.47. The summed E-state index contributed by atoms with van der Waals surface area (Å²) in [6, 6.07) is 3.77. The molecule has 5 nitrogen and oxygen atoms in total. The Balaban J connectivity index is 1.47. The Kier molecular flexibility index (Phi) is 5.36. The van der Waals surface area contributed by atoms with Crippen molar-refractivity contribution in [3.8, 4) is 0 Å². The van der Waals surface area contributed by atoms with E-state index in [0.29, 0.717) is 6.61 Å². The van der Waals surface area contributed by atoms with Crippen LogP contribution in [0, 0.1) is 0 Å². The zero-order valence-electron chi connectivity index (χ0n) is 10.2. The highest BCUT2D eigenvalue weighted by atomic mass is 16.5. The van der Waals surface area contributed by atoms with Gasteiger partial charge in [-0.3, -0.25) is 0 Å². The standard InChI is InChI=1S/C13H17N3O2/c1-3-13(18-6-1)10-17-5-2-4-14-7-12-8-15-11-16-9-12/h1,3,6,8-9,11,14H,2,4-5,7,10H2. The molecule has 0 unspecified atom stereocenters. The lowest BCUT2D eigenvalue weighted by molar-refractivity contribution is 0.104. The van der Waals surface area contributed by atoms with Crippen LogP contribution in [0.2, 0.25) is 0 Å². The zero-order chi connectivity index (χ0) is 12.5. The molecule has 18 heavy (non-hydrogen) atoms. The van der Waals surface area contributed by atoms with E-state index in [9.17, 15) is 0 Å². The van der Waals surface area contributed by atoms with Crippen LogP contribution in [0.3, 0.4) is 0 Å². The number of hydrogen-bond donors (Lipinski definition) is 1. The van der Waals surface area contributed by atoms with Crippen molar-refractivity contribution in [1.29, 1.82) is 0 Å². The molecule has 5 heteroatoms. The molecule has 0 atom stereocenters. The molecular weight excluding hydrogens is 230 g/mol. The van der Waals surface area contributed by atoms with E-state index in [2.05, 4.69) is 15.3 Å². The fourth-order valence-corrected chi connectivity index (χ4v) is 1.52. The number of rotatable bonds is 8. The molecule has 0 aromatic carbocycles. The van der Waals surface area contributed by atoms with Crippen LogP contribution in [-0.2, 0) is 17.9 Å². The fraction of sp³-hybridized carbons (Fsp3) is 0.385. The van der Waals surface area contributed by atoms with Crippen molar-refractivity contribution in [3.63, 3.8) is 0 Å². The van der Waals surface area contributed by atoms with Gasteiger partial charge in [0.15, 0.2) is 0 Å². The Bertz CT molecular complexity index is 417. The van der Waals surface area contributed by atoms with E-state index in [-0.39, 0.29) is 0 Å². The number of ether oxygens (including phenoxy) is 1. The quantitative estimate of drug-likeness (QED) is 0.720.